The van der Waals surface area contributed by atoms with Gasteiger partial charge in [0.15, 0.2) is 15.0 Å². The Hall–Kier alpha value is -2.38. The molecular formula is C19H18N2O3S2. The predicted octanol–water partition coefficient (Wildman–Crippen LogP) is 3.15. The largest absolute Gasteiger partial charge is 0.283 e. The van der Waals surface area contributed by atoms with Crippen LogP contribution in [-0.4, -0.2) is 29.5 Å². The molecular weight excluding hydrogens is 368 g/mol. The summed E-state index contributed by atoms with van der Waals surface area (Å²) in [5, 5.41) is 1.03. The van der Waals surface area contributed by atoms with Gasteiger partial charge in [0.05, 0.1) is 21.6 Å². The van der Waals surface area contributed by atoms with Gasteiger partial charge in [-0.05, 0) is 24.3 Å². The van der Waals surface area contributed by atoms with E-state index in [1.807, 2.05) is 6.07 Å². The molecule has 2 aromatic carbocycles. The van der Waals surface area contributed by atoms with Crippen molar-refractivity contribution in [2.45, 2.75) is 16.6 Å². The molecule has 26 heavy (non-hydrogen) atoms. The number of fused-ring (bicyclic) bond motifs is 1. The third kappa shape index (κ3) is 3.89. The van der Waals surface area contributed by atoms with Gasteiger partial charge in [-0.15, -0.1) is 6.58 Å². The number of sulfone groups is 1. The van der Waals surface area contributed by atoms with Crippen LogP contribution in [0.5, 0.6) is 0 Å². The van der Waals surface area contributed by atoms with E-state index in [1.165, 1.54) is 16.3 Å². The monoisotopic (exact) mass is 386 g/mol. The summed E-state index contributed by atoms with van der Waals surface area (Å²) in [6.07, 6.45) is 1.63. The first kappa shape index (κ1) is 18.4. The minimum absolute atomic E-state index is 0.0293. The fraction of sp³-hybridized carbons (Fsp3) is 0.158. The maximum Gasteiger partial charge on any atom is 0.262 e. The summed E-state index contributed by atoms with van der Waals surface area (Å²) in [6, 6.07) is 15.5. The maximum absolute atomic E-state index is 12.7. The summed E-state index contributed by atoms with van der Waals surface area (Å²) in [5.41, 5.74) is 0.454. The van der Waals surface area contributed by atoms with Gasteiger partial charge in [0, 0.05) is 12.3 Å². The Morgan fingerprint density at radius 2 is 1.77 bits per heavy atom. The number of thioether (sulfide) groups is 1. The van der Waals surface area contributed by atoms with E-state index in [4.69, 9.17) is 0 Å². The number of allylic oxidation sites excluding steroid dienone is 1. The van der Waals surface area contributed by atoms with Crippen molar-refractivity contribution < 1.29 is 8.42 Å². The first-order valence-electron chi connectivity index (χ1n) is 8.04. The van der Waals surface area contributed by atoms with E-state index in [-0.39, 0.29) is 11.3 Å². The van der Waals surface area contributed by atoms with Gasteiger partial charge in [-0.25, -0.2) is 13.4 Å². The highest BCUT2D eigenvalue weighted by Crippen LogP contribution is 2.20. The topological polar surface area (TPSA) is 69.0 Å². The summed E-state index contributed by atoms with van der Waals surface area (Å²) in [5.74, 6) is 0.275. The first-order chi connectivity index (χ1) is 12.5. The number of nitrogens with zero attached hydrogens (tertiary/aromatic N) is 2. The normalized spacial score (nSPS) is 11.5. The molecule has 0 bridgehead atoms. The van der Waals surface area contributed by atoms with Crippen LogP contribution in [0, 0.1) is 0 Å². The van der Waals surface area contributed by atoms with Crippen LogP contribution in [0.2, 0.25) is 0 Å². The molecule has 0 atom stereocenters. The van der Waals surface area contributed by atoms with E-state index in [0.717, 1.165) is 0 Å². The van der Waals surface area contributed by atoms with Crippen LogP contribution in [0.3, 0.4) is 0 Å². The number of rotatable bonds is 7. The first-order valence-corrected chi connectivity index (χ1v) is 10.7. The molecule has 5 nitrogen and oxygen atoms in total. The molecule has 0 saturated carbocycles. The molecule has 7 heteroatoms. The van der Waals surface area contributed by atoms with Gasteiger partial charge in [0.25, 0.3) is 5.56 Å². The average Bonchev–Trinajstić information content (AvgIpc) is 2.65. The lowest BCUT2D eigenvalue weighted by Gasteiger charge is -2.11. The fourth-order valence-electron chi connectivity index (χ4n) is 2.54. The van der Waals surface area contributed by atoms with E-state index in [1.54, 1.807) is 54.6 Å². The van der Waals surface area contributed by atoms with Crippen molar-refractivity contribution in [2.24, 2.45) is 0 Å². The second kappa shape index (κ2) is 7.88. The van der Waals surface area contributed by atoms with E-state index >= 15 is 0 Å². The highest BCUT2D eigenvalue weighted by Gasteiger charge is 2.16. The summed E-state index contributed by atoms with van der Waals surface area (Å²) in [7, 11) is -3.36. The SMILES string of the molecule is C=CCn1c(SCCS(=O)(=O)c2ccccc2)nc2ccccc2c1=O. The van der Waals surface area contributed by atoms with E-state index in [0.29, 0.717) is 33.3 Å². The molecule has 0 radical (unpaired) electrons. The van der Waals surface area contributed by atoms with Crippen LogP contribution in [0.25, 0.3) is 10.9 Å². The van der Waals surface area contributed by atoms with Crippen molar-refractivity contribution in [2.75, 3.05) is 11.5 Å². The lowest BCUT2D eigenvalue weighted by molar-refractivity contribution is 0.597. The van der Waals surface area contributed by atoms with Crippen molar-refractivity contribution in [1.82, 2.24) is 9.55 Å². The quantitative estimate of drug-likeness (QED) is 0.354. The van der Waals surface area contributed by atoms with E-state index < -0.39 is 9.84 Å². The Balaban J connectivity index is 1.86. The van der Waals surface area contributed by atoms with Gasteiger partial charge in [-0.2, -0.15) is 0 Å². The van der Waals surface area contributed by atoms with Gasteiger partial charge >= 0.3 is 0 Å². The Kier molecular flexibility index (Phi) is 5.58. The fourth-order valence-corrected chi connectivity index (χ4v) is 5.21. The molecule has 0 aliphatic heterocycles. The molecule has 3 aromatic rings. The highest BCUT2D eigenvalue weighted by atomic mass is 32.2. The molecule has 1 aromatic heterocycles. The molecule has 0 amide bonds. The Bertz CT molecular complexity index is 1090. The zero-order valence-electron chi connectivity index (χ0n) is 14.0. The highest BCUT2D eigenvalue weighted by molar-refractivity contribution is 8.00. The molecule has 0 spiro atoms. The number of hydrogen-bond donors (Lipinski definition) is 0. The second-order valence-electron chi connectivity index (χ2n) is 5.60. The van der Waals surface area contributed by atoms with Gasteiger partial charge < -0.3 is 0 Å². The molecule has 3 rings (SSSR count). The standard InChI is InChI=1S/C19H18N2O3S2/c1-2-12-21-18(22)16-10-6-7-11-17(16)20-19(21)25-13-14-26(23,24)15-8-4-3-5-9-15/h2-11H,1,12-14H2. The molecule has 134 valence electrons. The predicted molar refractivity (Wildman–Crippen MR) is 105 cm³/mol. The smallest absolute Gasteiger partial charge is 0.262 e. The Labute approximate surface area is 156 Å². The van der Waals surface area contributed by atoms with Crippen LogP contribution < -0.4 is 5.56 Å². The van der Waals surface area contributed by atoms with Crippen molar-refractivity contribution in [3.63, 3.8) is 0 Å². The molecule has 1 heterocycles. The minimum Gasteiger partial charge on any atom is -0.283 e. The average molecular weight is 386 g/mol. The molecule has 0 saturated heterocycles. The van der Waals surface area contributed by atoms with Crippen molar-refractivity contribution in [3.05, 3.63) is 77.6 Å². The lowest BCUT2D eigenvalue weighted by atomic mass is 10.2. The molecule has 0 fully saturated rings. The van der Waals surface area contributed by atoms with Crippen molar-refractivity contribution in [1.29, 1.82) is 0 Å². The third-order valence-electron chi connectivity index (χ3n) is 3.82. The summed E-state index contributed by atoms with van der Waals surface area (Å²) in [4.78, 5) is 17.5. The summed E-state index contributed by atoms with van der Waals surface area (Å²) >= 11 is 1.26. The second-order valence-corrected chi connectivity index (χ2v) is 8.77. The lowest BCUT2D eigenvalue weighted by Crippen LogP contribution is -2.23. The van der Waals surface area contributed by atoms with Gasteiger partial charge in [-0.1, -0.05) is 48.2 Å². The zero-order valence-corrected chi connectivity index (χ0v) is 15.7. The van der Waals surface area contributed by atoms with Crippen molar-refractivity contribution >= 4 is 32.5 Å². The van der Waals surface area contributed by atoms with Crippen LogP contribution >= 0.6 is 11.8 Å². The molecule has 0 N–H and O–H groups in total. The number of benzene rings is 2. The number of aromatic nitrogens is 2. The van der Waals surface area contributed by atoms with Crippen molar-refractivity contribution in [3.8, 4) is 0 Å². The summed E-state index contributed by atoms with van der Waals surface area (Å²) in [6.45, 7) is 4.01. The van der Waals surface area contributed by atoms with E-state index in [2.05, 4.69) is 11.6 Å². The third-order valence-corrected chi connectivity index (χ3v) is 6.79. The molecule has 0 unspecified atom stereocenters. The van der Waals surface area contributed by atoms with Crippen LogP contribution in [0.1, 0.15) is 0 Å². The maximum atomic E-state index is 12.7. The van der Waals surface area contributed by atoms with Gasteiger partial charge in [-0.3, -0.25) is 9.36 Å². The molecule has 0 aliphatic carbocycles. The van der Waals surface area contributed by atoms with Crippen LogP contribution in [0.15, 0.2) is 82.1 Å². The van der Waals surface area contributed by atoms with Crippen LogP contribution in [-0.2, 0) is 16.4 Å². The Morgan fingerprint density at radius 3 is 2.50 bits per heavy atom. The van der Waals surface area contributed by atoms with Crippen LogP contribution in [0.4, 0.5) is 0 Å². The minimum atomic E-state index is -3.36. The molecule has 0 aliphatic rings. The van der Waals surface area contributed by atoms with E-state index in [9.17, 15) is 13.2 Å². The van der Waals surface area contributed by atoms with Gasteiger partial charge in [0.1, 0.15) is 0 Å². The number of para-hydroxylation sites is 1. The Morgan fingerprint density at radius 1 is 1.08 bits per heavy atom. The zero-order chi connectivity index (χ0) is 18.6. The number of hydrogen-bond acceptors (Lipinski definition) is 5. The van der Waals surface area contributed by atoms with Gasteiger partial charge in [0.2, 0.25) is 0 Å². The summed E-state index contributed by atoms with van der Waals surface area (Å²) < 4.78 is 26.3.